The lowest BCUT2D eigenvalue weighted by Crippen LogP contribution is -2.54. The van der Waals surface area contributed by atoms with Gasteiger partial charge in [0.15, 0.2) is 6.10 Å². The first-order valence-corrected chi connectivity index (χ1v) is 13.0. The molecule has 1 unspecified atom stereocenters. The lowest BCUT2D eigenvalue weighted by atomic mass is 10.1. The van der Waals surface area contributed by atoms with Crippen molar-refractivity contribution in [2.75, 3.05) is 33.4 Å². The molecule has 2 aliphatic rings. The van der Waals surface area contributed by atoms with Crippen molar-refractivity contribution >= 4 is 23.0 Å². The highest BCUT2D eigenvalue weighted by Gasteiger charge is 2.42. The summed E-state index contributed by atoms with van der Waals surface area (Å²) in [5.41, 5.74) is 2.45. The van der Waals surface area contributed by atoms with E-state index in [0.29, 0.717) is 13.2 Å². The lowest BCUT2D eigenvalue weighted by Gasteiger charge is -2.37. The molecule has 2 amide bonds. The number of methoxy groups -OCH3 is 1. The third-order valence-electron chi connectivity index (χ3n) is 6.72. The summed E-state index contributed by atoms with van der Waals surface area (Å²) in [6, 6.07) is 4.05. The van der Waals surface area contributed by atoms with Crippen molar-refractivity contribution in [3.05, 3.63) is 30.1 Å². The second kappa shape index (κ2) is 11.2. The van der Waals surface area contributed by atoms with Gasteiger partial charge in [0.05, 0.1) is 30.2 Å². The minimum Gasteiger partial charge on any atom is -0.444 e. The summed E-state index contributed by atoms with van der Waals surface area (Å²) in [4.78, 5) is 34.7. The number of hydrogen-bond acceptors (Lipinski definition) is 6. The maximum atomic E-state index is 13.8. The summed E-state index contributed by atoms with van der Waals surface area (Å²) >= 11 is 0. The Labute approximate surface area is 213 Å². The van der Waals surface area contributed by atoms with Gasteiger partial charge in [-0.2, -0.15) is 0 Å². The topological polar surface area (TPSA) is 86.1 Å². The quantitative estimate of drug-likeness (QED) is 0.481. The standard InChI is InChI=1S/C27H40N4O5/c1-19(21-17-29(13-6-7-15-34-5)22-9-8-12-28-24(21)22)31(20-10-11-20)25(32)23-18-30(14-16-35-23)26(33)36-27(2,3)4/h8-9,12,17,19-20,23H,6-7,10-11,13-16,18H2,1-5H3/t19?,23-/m1/s1. The third-order valence-corrected chi connectivity index (χ3v) is 6.72. The van der Waals surface area contributed by atoms with E-state index in [0.717, 1.165) is 55.4 Å². The van der Waals surface area contributed by atoms with Crippen molar-refractivity contribution in [1.82, 2.24) is 19.4 Å². The number of hydrogen-bond donors (Lipinski definition) is 0. The van der Waals surface area contributed by atoms with Gasteiger partial charge < -0.3 is 28.6 Å². The predicted octanol–water partition coefficient (Wildman–Crippen LogP) is 4.15. The number of pyridine rings is 1. The second-order valence-electron chi connectivity index (χ2n) is 10.8. The average molecular weight is 501 g/mol. The number of morpholine rings is 1. The molecule has 2 atom stereocenters. The molecule has 0 N–H and O–H groups in total. The molecule has 9 nitrogen and oxygen atoms in total. The van der Waals surface area contributed by atoms with Crippen LogP contribution in [0.5, 0.6) is 0 Å². The molecule has 9 heteroatoms. The van der Waals surface area contributed by atoms with Crippen LogP contribution < -0.4 is 0 Å². The summed E-state index contributed by atoms with van der Waals surface area (Å²) in [7, 11) is 1.72. The molecule has 2 aromatic heterocycles. The molecule has 198 valence electrons. The van der Waals surface area contributed by atoms with E-state index >= 15 is 0 Å². The highest BCUT2D eigenvalue weighted by atomic mass is 16.6. The Morgan fingerprint density at radius 1 is 1.28 bits per heavy atom. The van der Waals surface area contributed by atoms with E-state index in [2.05, 4.69) is 28.7 Å². The Morgan fingerprint density at radius 3 is 2.75 bits per heavy atom. The van der Waals surface area contributed by atoms with Gasteiger partial charge in [-0.3, -0.25) is 9.78 Å². The largest absolute Gasteiger partial charge is 0.444 e. The smallest absolute Gasteiger partial charge is 0.410 e. The number of carbonyl (C=O) groups is 2. The molecule has 0 radical (unpaired) electrons. The van der Waals surface area contributed by atoms with Crippen LogP contribution in [-0.4, -0.2) is 82.5 Å². The zero-order chi connectivity index (χ0) is 25.9. The van der Waals surface area contributed by atoms with Crippen LogP contribution in [0.2, 0.25) is 0 Å². The van der Waals surface area contributed by atoms with Crippen molar-refractivity contribution in [2.45, 2.75) is 83.7 Å². The highest BCUT2D eigenvalue weighted by Crippen LogP contribution is 2.38. The van der Waals surface area contributed by atoms with Gasteiger partial charge in [0.1, 0.15) is 5.60 Å². The number of fused-ring (bicyclic) bond motifs is 1. The Kier molecular flexibility index (Phi) is 8.20. The Bertz CT molecular complexity index is 1060. The van der Waals surface area contributed by atoms with E-state index in [-0.39, 0.29) is 24.5 Å². The fourth-order valence-electron chi connectivity index (χ4n) is 4.82. The van der Waals surface area contributed by atoms with Gasteiger partial charge in [-0.05, 0) is 65.5 Å². The number of nitrogens with zero attached hydrogens (tertiary/aromatic N) is 4. The average Bonchev–Trinajstić information content (AvgIpc) is 3.61. The number of unbranched alkanes of at least 4 members (excludes halogenated alkanes) is 1. The van der Waals surface area contributed by atoms with Gasteiger partial charge in [-0.15, -0.1) is 0 Å². The number of aryl methyl sites for hydroxylation is 1. The molecule has 0 spiro atoms. The molecular formula is C27H40N4O5. The molecule has 1 aliphatic carbocycles. The number of aromatic nitrogens is 2. The van der Waals surface area contributed by atoms with Crippen LogP contribution in [0.25, 0.3) is 11.0 Å². The molecule has 1 aliphatic heterocycles. The molecule has 2 fully saturated rings. The van der Waals surface area contributed by atoms with Gasteiger partial charge in [0.25, 0.3) is 5.91 Å². The Hall–Kier alpha value is -2.65. The summed E-state index contributed by atoms with van der Waals surface area (Å²) < 4.78 is 18.9. The fourth-order valence-corrected chi connectivity index (χ4v) is 4.82. The van der Waals surface area contributed by atoms with E-state index in [1.165, 1.54) is 0 Å². The monoisotopic (exact) mass is 500 g/mol. The highest BCUT2D eigenvalue weighted by molar-refractivity contribution is 5.85. The number of carbonyl (C=O) groups excluding carboxylic acids is 2. The maximum Gasteiger partial charge on any atom is 0.410 e. The number of amides is 2. The minimum absolute atomic E-state index is 0.0739. The summed E-state index contributed by atoms with van der Waals surface area (Å²) in [6.07, 6.45) is 6.78. The molecule has 2 aromatic rings. The van der Waals surface area contributed by atoms with Gasteiger partial charge in [0, 0.05) is 50.8 Å². The van der Waals surface area contributed by atoms with Crippen LogP contribution in [0.4, 0.5) is 4.79 Å². The summed E-state index contributed by atoms with van der Waals surface area (Å²) in [5, 5.41) is 0. The van der Waals surface area contributed by atoms with Gasteiger partial charge in [-0.25, -0.2) is 4.79 Å². The van der Waals surface area contributed by atoms with Crippen molar-refractivity contribution in [3.63, 3.8) is 0 Å². The van der Waals surface area contributed by atoms with Crippen molar-refractivity contribution in [2.24, 2.45) is 0 Å². The van der Waals surface area contributed by atoms with Crippen molar-refractivity contribution in [1.29, 1.82) is 0 Å². The molecule has 36 heavy (non-hydrogen) atoms. The van der Waals surface area contributed by atoms with Gasteiger partial charge in [-0.1, -0.05) is 0 Å². The van der Waals surface area contributed by atoms with E-state index in [1.54, 1.807) is 18.2 Å². The van der Waals surface area contributed by atoms with E-state index in [4.69, 9.17) is 14.2 Å². The van der Waals surface area contributed by atoms with Crippen LogP contribution in [0, 0.1) is 0 Å². The third kappa shape index (κ3) is 6.18. The van der Waals surface area contributed by atoms with Gasteiger partial charge in [0.2, 0.25) is 0 Å². The molecule has 3 heterocycles. The molecule has 0 aromatic carbocycles. The number of rotatable bonds is 9. The number of ether oxygens (including phenoxy) is 3. The fraction of sp³-hybridized carbons (Fsp3) is 0.667. The van der Waals surface area contributed by atoms with Crippen LogP contribution in [-0.2, 0) is 25.5 Å². The van der Waals surface area contributed by atoms with Gasteiger partial charge >= 0.3 is 6.09 Å². The minimum atomic E-state index is -0.704. The zero-order valence-corrected chi connectivity index (χ0v) is 22.2. The molecular weight excluding hydrogens is 460 g/mol. The summed E-state index contributed by atoms with van der Waals surface area (Å²) in [6.45, 7) is 10.1. The molecule has 4 rings (SSSR count). The van der Waals surface area contributed by atoms with E-state index in [9.17, 15) is 9.59 Å². The first-order valence-electron chi connectivity index (χ1n) is 13.0. The lowest BCUT2D eigenvalue weighted by molar-refractivity contribution is -0.151. The molecule has 0 bridgehead atoms. The Balaban J connectivity index is 1.53. The van der Waals surface area contributed by atoms with Crippen LogP contribution in [0.15, 0.2) is 24.5 Å². The molecule has 1 saturated carbocycles. The van der Waals surface area contributed by atoms with E-state index < -0.39 is 17.8 Å². The zero-order valence-electron chi connectivity index (χ0n) is 22.2. The van der Waals surface area contributed by atoms with Crippen LogP contribution >= 0.6 is 0 Å². The predicted molar refractivity (Wildman–Crippen MR) is 137 cm³/mol. The normalized spacial score (nSPS) is 19.4. The van der Waals surface area contributed by atoms with Crippen LogP contribution in [0.1, 0.15) is 65.0 Å². The first kappa shape index (κ1) is 26.4. The Morgan fingerprint density at radius 2 is 2.06 bits per heavy atom. The van der Waals surface area contributed by atoms with Crippen molar-refractivity contribution < 1.29 is 23.8 Å². The first-order chi connectivity index (χ1) is 17.2. The van der Waals surface area contributed by atoms with Crippen molar-refractivity contribution in [3.8, 4) is 0 Å². The van der Waals surface area contributed by atoms with E-state index in [1.807, 2.05) is 31.7 Å². The second-order valence-corrected chi connectivity index (χ2v) is 10.8. The molecule has 1 saturated heterocycles. The van der Waals surface area contributed by atoms with Crippen LogP contribution in [0.3, 0.4) is 0 Å². The SMILES string of the molecule is COCCCCn1cc(C(C)N(C(=O)[C@H]2CN(C(=O)OC(C)(C)C)CCO2)C2CC2)c2ncccc21. The summed E-state index contributed by atoms with van der Waals surface area (Å²) in [5.74, 6) is -0.0739. The maximum absolute atomic E-state index is 13.8.